The van der Waals surface area contributed by atoms with Gasteiger partial charge in [-0.25, -0.2) is 0 Å². The number of hydrogen-bond donors (Lipinski definition) is 1. The molecule has 0 atom stereocenters. The lowest BCUT2D eigenvalue weighted by atomic mass is 10.2. The first-order chi connectivity index (χ1) is 8.56. The van der Waals surface area contributed by atoms with Crippen molar-refractivity contribution >= 4 is 28.9 Å². The van der Waals surface area contributed by atoms with Gasteiger partial charge in [-0.2, -0.15) is 0 Å². The molecule has 0 saturated heterocycles. The summed E-state index contributed by atoms with van der Waals surface area (Å²) in [6, 6.07) is 10.9. The van der Waals surface area contributed by atoms with Gasteiger partial charge in [0, 0.05) is 21.3 Å². The quantitative estimate of drug-likeness (QED) is 0.843. The molecule has 18 heavy (non-hydrogen) atoms. The Hall–Kier alpha value is -1.38. The molecule has 2 rings (SSSR count). The van der Waals surface area contributed by atoms with Crippen molar-refractivity contribution in [3.05, 3.63) is 57.6 Å². The zero-order valence-electron chi connectivity index (χ0n) is 9.91. The normalized spacial score (nSPS) is 10.4. The smallest absolute Gasteiger partial charge is 0.120 e. The van der Waals surface area contributed by atoms with E-state index in [1.54, 1.807) is 12.1 Å². The zero-order chi connectivity index (χ0) is 13.1. The number of nitrogen functional groups attached to an aromatic ring is 1. The maximum absolute atomic E-state index is 6.06. The molecule has 4 heteroatoms. The second kappa shape index (κ2) is 5.51. The Morgan fingerprint density at radius 3 is 2.50 bits per heavy atom. The number of ether oxygens (including phenoxy) is 1. The third-order valence-electron chi connectivity index (χ3n) is 2.59. The lowest BCUT2D eigenvalue weighted by Gasteiger charge is -2.09. The fourth-order valence-electron chi connectivity index (χ4n) is 1.57. The van der Waals surface area contributed by atoms with E-state index >= 15 is 0 Å². The molecule has 94 valence electrons. The largest absolute Gasteiger partial charge is 0.489 e. The van der Waals surface area contributed by atoms with E-state index < -0.39 is 0 Å². The van der Waals surface area contributed by atoms with Crippen LogP contribution in [0.5, 0.6) is 5.75 Å². The monoisotopic (exact) mass is 281 g/mol. The molecule has 2 N–H and O–H groups in total. The number of anilines is 1. The predicted octanol–water partition coefficient (Wildman–Crippen LogP) is 4.46. The van der Waals surface area contributed by atoms with E-state index in [4.69, 9.17) is 33.7 Å². The molecule has 2 aromatic rings. The van der Waals surface area contributed by atoms with Gasteiger partial charge in [0.1, 0.15) is 12.4 Å². The molecule has 0 aliphatic heterocycles. The molecule has 0 spiro atoms. The molecule has 0 amide bonds. The van der Waals surface area contributed by atoms with Gasteiger partial charge < -0.3 is 10.5 Å². The third-order valence-corrected chi connectivity index (χ3v) is 3.39. The number of benzene rings is 2. The van der Waals surface area contributed by atoms with Crippen LogP contribution in [0.3, 0.4) is 0 Å². The minimum absolute atomic E-state index is 0.380. The lowest BCUT2D eigenvalue weighted by molar-refractivity contribution is 0.306. The Labute approximate surface area is 116 Å². The van der Waals surface area contributed by atoms with E-state index in [2.05, 4.69) is 0 Å². The number of hydrogen-bond acceptors (Lipinski definition) is 2. The van der Waals surface area contributed by atoms with Gasteiger partial charge in [-0.15, -0.1) is 0 Å². The molecule has 0 fully saturated rings. The van der Waals surface area contributed by atoms with E-state index in [0.29, 0.717) is 17.3 Å². The van der Waals surface area contributed by atoms with Gasteiger partial charge in [0.15, 0.2) is 0 Å². The van der Waals surface area contributed by atoms with E-state index in [-0.39, 0.29) is 0 Å². The summed E-state index contributed by atoms with van der Waals surface area (Å²) in [6.45, 7) is 2.31. The molecule has 0 radical (unpaired) electrons. The topological polar surface area (TPSA) is 35.2 Å². The first kappa shape index (κ1) is 13.1. The van der Waals surface area contributed by atoms with E-state index in [1.807, 2.05) is 31.2 Å². The van der Waals surface area contributed by atoms with Gasteiger partial charge in [0.05, 0.1) is 0 Å². The number of aryl methyl sites for hydroxylation is 1. The number of nitrogens with two attached hydrogens (primary N) is 1. The average molecular weight is 282 g/mol. The molecular formula is C14H13Cl2NO. The van der Waals surface area contributed by atoms with E-state index in [9.17, 15) is 0 Å². The first-order valence-electron chi connectivity index (χ1n) is 5.49. The number of rotatable bonds is 3. The van der Waals surface area contributed by atoms with Crippen LogP contribution in [0.2, 0.25) is 10.0 Å². The van der Waals surface area contributed by atoms with Gasteiger partial charge in [-0.3, -0.25) is 0 Å². The van der Waals surface area contributed by atoms with Crippen molar-refractivity contribution in [2.24, 2.45) is 0 Å². The van der Waals surface area contributed by atoms with Crippen LogP contribution < -0.4 is 10.5 Å². The average Bonchev–Trinajstić information content (AvgIpc) is 2.34. The van der Waals surface area contributed by atoms with E-state index in [0.717, 1.165) is 21.9 Å². The molecule has 2 nitrogen and oxygen atoms in total. The summed E-state index contributed by atoms with van der Waals surface area (Å²) in [7, 11) is 0. The number of halogens is 2. The standard InChI is InChI=1S/C14H13Cl2NO/c1-9-6-12(3-5-13(9)15)18-8-10-7-11(17)2-4-14(10)16/h2-7H,8,17H2,1H3. The molecule has 0 unspecified atom stereocenters. The van der Waals surface area contributed by atoms with Crippen LogP contribution in [0.25, 0.3) is 0 Å². The summed E-state index contributed by atoms with van der Waals surface area (Å²) < 4.78 is 5.67. The molecule has 0 heterocycles. The van der Waals surface area contributed by atoms with Crippen molar-refractivity contribution in [3.63, 3.8) is 0 Å². The van der Waals surface area contributed by atoms with Crippen LogP contribution >= 0.6 is 23.2 Å². The molecular weight excluding hydrogens is 269 g/mol. The summed E-state index contributed by atoms with van der Waals surface area (Å²) in [5.74, 6) is 0.760. The Kier molecular flexibility index (Phi) is 4.00. The maximum Gasteiger partial charge on any atom is 0.120 e. The van der Waals surface area contributed by atoms with Crippen molar-refractivity contribution in [1.29, 1.82) is 0 Å². The second-order valence-corrected chi connectivity index (χ2v) is 4.86. The van der Waals surface area contributed by atoms with Crippen molar-refractivity contribution in [1.82, 2.24) is 0 Å². The highest BCUT2D eigenvalue weighted by atomic mass is 35.5. The highest BCUT2D eigenvalue weighted by molar-refractivity contribution is 6.31. The SMILES string of the molecule is Cc1cc(OCc2cc(N)ccc2Cl)ccc1Cl. The zero-order valence-corrected chi connectivity index (χ0v) is 11.4. The molecule has 0 saturated carbocycles. The molecule has 0 aliphatic carbocycles. The summed E-state index contributed by atoms with van der Waals surface area (Å²) in [5, 5.41) is 1.37. The van der Waals surface area contributed by atoms with Crippen LogP contribution in [0.15, 0.2) is 36.4 Å². The Morgan fingerprint density at radius 1 is 1.06 bits per heavy atom. The summed E-state index contributed by atoms with van der Waals surface area (Å²) >= 11 is 12.0. The van der Waals surface area contributed by atoms with Gasteiger partial charge in [0.2, 0.25) is 0 Å². The minimum Gasteiger partial charge on any atom is -0.489 e. The van der Waals surface area contributed by atoms with Crippen LogP contribution in [0.1, 0.15) is 11.1 Å². The Morgan fingerprint density at radius 2 is 1.78 bits per heavy atom. The molecule has 0 aliphatic rings. The van der Waals surface area contributed by atoms with Crippen molar-refractivity contribution < 1.29 is 4.74 Å². The van der Waals surface area contributed by atoms with Crippen LogP contribution in [0, 0.1) is 6.92 Å². The van der Waals surface area contributed by atoms with Crippen molar-refractivity contribution in [2.75, 3.05) is 5.73 Å². The highest BCUT2D eigenvalue weighted by Gasteiger charge is 2.03. The lowest BCUT2D eigenvalue weighted by Crippen LogP contribution is -1.98. The highest BCUT2D eigenvalue weighted by Crippen LogP contribution is 2.24. The fourth-order valence-corrected chi connectivity index (χ4v) is 1.86. The summed E-state index contributed by atoms with van der Waals surface area (Å²) in [5.41, 5.74) is 8.22. The van der Waals surface area contributed by atoms with Crippen LogP contribution in [-0.2, 0) is 6.61 Å². The Bertz CT molecular complexity index is 570. The van der Waals surface area contributed by atoms with Gasteiger partial charge in [0.25, 0.3) is 0 Å². The van der Waals surface area contributed by atoms with Gasteiger partial charge >= 0.3 is 0 Å². The summed E-state index contributed by atoms with van der Waals surface area (Å²) in [6.07, 6.45) is 0. The van der Waals surface area contributed by atoms with Crippen LogP contribution in [-0.4, -0.2) is 0 Å². The Balaban J connectivity index is 2.11. The summed E-state index contributed by atoms with van der Waals surface area (Å²) in [4.78, 5) is 0. The first-order valence-corrected chi connectivity index (χ1v) is 6.24. The molecule has 2 aromatic carbocycles. The van der Waals surface area contributed by atoms with Gasteiger partial charge in [-0.05, 0) is 48.9 Å². The molecule has 0 aromatic heterocycles. The van der Waals surface area contributed by atoms with Gasteiger partial charge in [-0.1, -0.05) is 23.2 Å². The minimum atomic E-state index is 0.380. The van der Waals surface area contributed by atoms with Crippen molar-refractivity contribution in [2.45, 2.75) is 13.5 Å². The third kappa shape index (κ3) is 3.09. The predicted molar refractivity (Wildman–Crippen MR) is 76.4 cm³/mol. The molecule has 0 bridgehead atoms. The maximum atomic E-state index is 6.06. The second-order valence-electron chi connectivity index (χ2n) is 4.05. The van der Waals surface area contributed by atoms with E-state index in [1.165, 1.54) is 0 Å². The fraction of sp³-hybridized carbons (Fsp3) is 0.143. The van der Waals surface area contributed by atoms with Crippen molar-refractivity contribution in [3.8, 4) is 5.75 Å². The van der Waals surface area contributed by atoms with Crippen LogP contribution in [0.4, 0.5) is 5.69 Å².